The molecule has 196 valence electrons. The van der Waals surface area contributed by atoms with Crippen molar-refractivity contribution in [3.05, 3.63) is 31.9 Å². The summed E-state index contributed by atoms with van der Waals surface area (Å²) in [5.74, 6) is 1.71. The maximum absolute atomic E-state index is 13.5. The fraction of sp³-hybridized carbons (Fsp3) is 0.643. The summed E-state index contributed by atoms with van der Waals surface area (Å²) in [6, 6.07) is 2.14. The number of piperidine rings is 1. The minimum absolute atomic E-state index is 0.0657. The van der Waals surface area contributed by atoms with E-state index in [9.17, 15) is 14.9 Å². The van der Waals surface area contributed by atoms with Gasteiger partial charge in [-0.3, -0.25) is 19.1 Å². The number of amides is 1. The predicted octanol–water partition coefficient (Wildman–Crippen LogP) is 6.09. The highest BCUT2D eigenvalue weighted by atomic mass is 32.2. The summed E-state index contributed by atoms with van der Waals surface area (Å²) < 4.78 is 2.35. The molecule has 2 saturated heterocycles. The van der Waals surface area contributed by atoms with Gasteiger partial charge < -0.3 is 4.90 Å². The molecule has 36 heavy (non-hydrogen) atoms. The van der Waals surface area contributed by atoms with Gasteiger partial charge in [0.1, 0.15) is 21.8 Å². The Morgan fingerprint density at radius 3 is 2.61 bits per heavy atom. The van der Waals surface area contributed by atoms with Crippen molar-refractivity contribution in [3.63, 3.8) is 0 Å². The van der Waals surface area contributed by atoms with E-state index in [1.54, 1.807) is 9.47 Å². The third-order valence-electron chi connectivity index (χ3n) is 7.38. The van der Waals surface area contributed by atoms with Crippen molar-refractivity contribution in [2.45, 2.75) is 86.1 Å². The van der Waals surface area contributed by atoms with Crippen molar-refractivity contribution in [2.24, 2.45) is 11.8 Å². The van der Waals surface area contributed by atoms with Gasteiger partial charge in [0.15, 0.2) is 0 Å². The van der Waals surface area contributed by atoms with Gasteiger partial charge in [-0.2, -0.15) is 5.26 Å². The fourth-order valence-electron chi connectivity index (χ4n) is 5.26. The molecule has 2 unspecified atom stereocenters. The molecule has 0 saturated carbocycles. The first-order valence-corrected chi connectivity index (χ1v) is 14.7. The van der Waals surface area contributed by atoms with Crippen molar-refractivity contribution in [3.8, 4) is 6.07 Å². The van der Waals surface area contributed by atoms with Gasteiger partial charge in [0.25, 0.3) is 11.5 Å². The molecule has 1 aromatic heterocycles. The molecule has 0 spiro atoms. The lowest BCUT2D eigenvalue weighted by Crippen LogP contribution is -2.40. The number of anilines is 1. The Hall–Kier alpha value is -2.11. The van der Waals surface area contributed by atoms with Crippen molar-refractivity contribution >= 4 is 46.1 Å². The molecular formula is C28H40N4O2S2. The summed E-state index contributed by atoms with van der Waals surface area (Å²) in [6.07, 6.45) is 9.28. The Morgan fingerprint density at radius 2 is 2.00 bits per heavy atom. The maximum atomic E-state index is 13.5. The number of carbonyl (C=O) groups is 1. The molecule has 3 rings (SSSR count). The smallest absolute Gasteiger partial charge is 0.270 e. The third-order valence-corrected chi connectivity index (χ3v) is 8.76. The quantitative estimate of drug-likeness (QED) is 0.270. The number of hydrogen-bond donors (Lipinski definition) is 0. The molecule has 6 nitrogen and oxygen atoms in total. The van der Waals surface area contributed by atoms with Crippen LogP contribution < -0.4 is 10.5 Å². The van der Waals surface area contributed by atoms with E-state index in [0.717, 1.165) is 69.4 Å². The van der Waals surface area contributed by atoms with E-state index >= 15 is 0 Å². The number of hydrogen-bond acceptors (Lipinski definition) is 6. The Balaban J connectivity index is 2.10. The van der Waals surface area contributed by atoms with Crippen LogP contribution in [0.15, 0.2) is 9.70 Å². The largest absolute Gasteiger partial charge is 0.357 e. The molecule has 0 N–H and O–H groups in total. The second kappa shape index (κ2) is 12.9. The van der Waals surface area contributed by atoms with Crippen LogP contribution in [0.25, 0.3) is 6.08 Å². The van der Waals surface area contributed by atoms with Crippen LogP contribution in [0.4, 0.5) is 5.82 Å². The zero-order valence-electron chi connectivity index (χ0n) is 22.4. The molecule has 1 aromatic rings. The van der Waals surface area contributed by atoms with Gasteiger partial charge in [0, 0.05) is 31.7 Å². The summed E-state index contributed by atoms with van der Waals surface area (Å²) in [5, 5.41) is 9.85. The molecule has 3 heterocycles. The zero-order chi connectivity index (χ0) is 26.4. The monoisotopic (exact) mass is 528 g/mol. The fourth-order valence-corrected chi connectivity index (χ4v) is 6.52. The molecule has 8 heteroatoms. The standard InChI is InChI=1S/C28H40N4O2S2/c1-6-9-12-21(8-3)18-32-27(34)24(36-28(32)35)15-22-20(5)23(16-29)26(33)31(13-7-2)25(22)30-14-10-11-19(4)17-30/h15,19,21H,6-14,17-18H2,1-5H3/b24-15+. The van der Waals surface area contributed by atoms with Crippen molar-refractivity contribution < 1.29 is 4.79 Å². The van der Waals surface area contributed by atoms with E-state index in [0.29, 0.717) is 39.7 Å². The summed E-state index contributed by atoms with van der Waals surface area (Å²) >= 11 is 6.98. The van der Waals surface area contributed by atoms with Gasteiger partial charge in [-0.25, -0.2) is 0 Å². The summed E-state index contributed by atoms with van der Waals surface area (Å²) in [4.78, 5) is 31.5. The van der Waals surface area contributed by atoms with Crippen LogP contribution in [0.3, 0.4) is 0 Å². The first-order valence-electron chi connectivity index (χ1n) is 13.4. The van der Waals surface area contributed by atoms with E-state index in [1.165, 1.54) is 11.8 Å². The molecule has 2 aliphatic rings. The average Bonchev–Trinajstić information content (AvgIpc) is 3.12. The topological polar surface area (TPSA) is 69.3 Å². The Labute approximate surface area is 225 Å². The van der Waals surface area contributed by atoms with Crippen LogP contribution >= 0.6 is 24.0 Å². The van der Waals surface area contributed by atoms with Crippen molar-refractivity contribution in [1.82, 2.24) is 9.47 Å². The number of nitrogens with zero attached hydrogens (tertiary/aromatic N) is 4. The number of thioether (sulfide) groups is 1. The van der Waals surface area contributed by atoms with Gasteiger partial charge in [0.05, 0.1) is 4.91 Å². The van der Waals surface area contributed by atoms with Crippen molar-refractivity contribution in [1.29, 1.82) is 5.26 Å². The first-order chi connectivity index (χ1) is 17.3. The number of pyridine rings is 1. The first kappa shape index (κ1) is 28.5. The second-order valence-electron chi connectivity index (χ2n) is 10.2. The Kier molecular flexibility index (Phi) is 10.2. The normalized spacial score (nSPS) is 20.3. The van der Waals surface area contributed by atoms with Gasteiger partial charge in [-0.1, -0.05) is 70.9 Å². The Bertz CT molecular complexity index is 1120. The van der Waals surface area contributed by atoms with Gasteiger partial charge in [-0.15, -0.1) is 0 Å². The minimum atomic E-state index is -0.239. The molecule has 0 aliphatic carbocycles. The third kappa shape index (κ3) is 6.06. The van der Waals surface area contributed by atoms with Crippen LogP contribution in [0.1, 0.15) is 89.3 Å². The zero-order valence-corrected chi connectivity index (χ0v) is 24.1. The van der Waals surface area contributed by atoms with Crippen LogP contribution in [-0.4, -0.2) is 39.3 Å². The summed E-state index contributed by atoms with van der Waals surface area (Å²) in [6.45, 7) is 13.3. The number of nitriles is 1. The van der Waals surface area contributed by atoms with E-state index in [4.69, 9.17) is 12.2 Å². The molecule has 2 aliphatic heterocycles. The molecule has 0 aromatic carbocycles. The Morgan fingerprint density at radius 1 is 1.25 bits per heavy atom. The molecule has 2 fully saturated rings. The number of unbranched alkanes of at least 4 members (excludes halogenated alkanes) is 1. The highest BCUT2D eigenvalue weighted by molar-refractivity contribution is 8.26. The van der Waals surface area contributed by atoms with Crippen LogP contribution in [0, 0.1) is 30.1 Å². The predicted molar refractivity (Wildman–Crippen MR) is 154 cm³/mol. The van der Waals surface area contributed by atoms with Gasteiger partial charge in [-0.05, 0) is 56.1 Å². The number of rotatable bonds is 10. The number of aromatic nitrogens is 1. The molecule has 0 bridgehead atoms. The van der Waals surface area contributed by atoms with Crippen LogP contribution in [0.5, 0.6) is 0 Å². The lowest BCUT2D eigenvalue weighted by molar-refractivity contribution is -0.122. The van der Waals surface area contributed by atoms with Crippen LogP contribution in [0.2, 0.25) is 0 Å². The lowest BCUT2D eigenvalue weighted by atomic mass is 9.97. The minimum Gasteiger partial charge on any atom is -0.357 e. The SMILES string of the molecule is CCCCC(CC)CN1C(=O)/C(=C\c2c(C)c(C#N)c(=O)n(CCC)c2N2CCCC(C)C2)SC1=S. The summed E-state index contributed by atoms with van der Waals surface area (Å²) in [5.41, 5.74) is 1.36. The molecule has 2 atom stereocenters. The summed E-state index contributed by atoms with van der Waals surface area (Å²) in [7, 11) is 0. The highest BCUT2D eigenvalue weighted by Gasteiger charge is 2.34. The molecular weight excluding hydrogens is 488 g/mol. The lowest BCUT2D eigenvalue weighted by Gasteiger charge is -2.36. The average molecular weight is 529 g/mol. The second-order valence-corrected chi connectivity index (χ2v) is 11.9. The van der Waals surface area contributed by atoms with E-state index in [1.807, 2.05) is 19.9 Å². The van der Waals surface area contributed by atoms with E-state index < -0.39 is 0 Å². The number of thiocarbonyl (C=S) groups is 1. The molecule has 0 radical (unpaired) electrons. The van der Waals surface area contributed by atoms with Gasteiger partial charge >= 0.3 is 0 Å². The highest BCUT2D eigenvalue weighted by Crippen LogP contribution is 2.37. The van der Waals surface area contributed by atoms with Gasteiger partial charge in [0.2, 0.25) is 0 Å². The maximum Gasteiger partial charge on any atom is 0.270 e. The van der Waals surface area contributed by atoms with Crippen molar-refractivity contribution in [2.75, 3.05) is 24.5 Å². The van der Waals surface area contributed by atoms with E-state index in [2.05, 4.69) is 31.7 Å². The molecule has 1 amide bonds. The van der Waals surface area contributed by atoms with Crippen LogP contribution in [-0.2, 0) is 11.3 Å². The number of carbonyl (C=O) groups excluding carboxylic acids is 1. The van der Waals surface area contributed by atoms with E-state index in [-0.39, 0.29) is 17.0 Å².